The van der Waals surface area contributed by atoms with Gasteiger partial charge in [0, 0.05) is 11.6 Å². The summed E-state index contributed by atoms with van der Waals surface area (Å²) in [4.78, 5) is 26.8. The van der Waals surface area contributed by atoms with Gasteiger partial charge >= 0.3 is 5.97 Å². The van der Waals surface area contributed by atoms with E-state index < -0.39 is 11.9 Å². The fraction of sp³-hybridized carbons (Fsp3) is 0.0625. The third kappa shape index (κ3) is 2.91. The van der Waals surface area contributed by atoms with Crippen LogP contribution in [-0.2, 0) is 4.79 Å². The number of aliphatic imine (C=N–C) groups is 1. The molecule has 0 fully saturated rings. The van der Waals surface area contributed by atoms with Crippen LogP contribution in [0.3, 0.4) is 0 Å². The van der Waals surface area contributed by atoms with Gasteiger partial charge in [0.2, 0.25) is 0 Å². The van der Waals surface area contributed by atoms with Crippen molar-refractivity contribution < 1.29 is 19.1 Å². The van der Waals surface area contributed by atoms with Crippen LogP contribution in [0.15, 0.2) is 44.6 Å². The number of benzene rings is 1. The number of hydrogen-bond donors (Lipinski definition) is 2. The van der Waals surface area contributed by atoms with Gasteiger partial charge in [0.25, 0.3) is 5.91 Å². The summed E-state index contributed by atoms with van der Waals surface area (Å²) in [6.07, 6.45) is 1.57. The summed E-state index contributed by atoms with van der Waals surface area (Å²) >= 11 is 1.08. The van der Waals surface area contributed by atoms with Crippen LogP contribution >= 0.6 is 11.8 Å². The Morgan fingerprint density at radius 2 is 2.13 bits per heavy atom. The van der Waals surface area contributed by atoms with E-state index in [1.165, 1.54) is 0 Å². The SMILES string of the molecule is Cc1c(C(=O)O)cccc1-c1ccc(C=C2SC(N)=NC2=O)o1. The first-order chi connectivity index (χ1) is 11.0. The van der Waals surface area contributed by atoms with Crippen LogP contribution in [0.25, 0.3) is 17.4 Å². The molecule has 1 amide bonds. The molecule has 0 saturated heterocycles. The van der Waals surface area contributed by atoms with E-state index in [1.807, 2.05) is 0 Å². The molecule has 1 aliphatic rings. The molecule has 1 aromatic heterocycles. The highest BCUT2D eigenvalue weighted by Gasteiger charge is 2.20. The van der Waals surface area contributed by atoms with Crippen molar-refractivity contribution in [3.05, 3.63) is 52.1 Å². The van der Waals surface area contributed by atoms with E-state index >= 15 is 0 Å². The number of carboxylic acid groups (broad SMARTS) is 1. The van der Waals surface area contributed by atoms with Gasteiger partial charge in [0.1, 0.15) is 11.5 Å². The van der Waals surface area contributed by atoms with Crippen molar-refractivity contribution in [1.29, 1.82) is 0 Å². The van der Waals surface area contributed by atoms with Gasteiger partial charge in [-0.1, -0.05) is 12.1 Å². The van der Waals surface area contributed by atoms with Crippen molar-refractivity contribution in [2.45, 2.75) is 6.92 Å². The second kappa shape index (κ2) is 5.77. The lowest BCUT2D eigenvalue weighted by molar-refractivity contribution is -0.113. The predicted molar refractivity (Wildman–Crippen MR) is 88.0 cm³/mol. The zero-order valence-electron chi connectivity index (χ0n) is 12.1. The molecular weight excluding hydrogens is 316 g/mol. The Morgan fingerprint density at radius 1 is 1.35 bits per heavy atom. The first-order valence-electron chi connectivity index (χ1n) is 6.67. The molecule has 0 bridgehead atoms. The average Bonchev–Trinajstić information content (AvgIpc) is 3.06. The number of amides is 1. The highest BCUT2D eigenvalue weighted by atomic mass is 32.2. The van der Waals surface area contributed by atoms with Crippen LogP contribution in [0.5, 0.6) is 0 Å². The molecule has 2 heterocycles. The number of amidine groups is 1. The monoisotopic (exact) mass is 328 g/mol. The predicted octanol–water partition coefficient (Wildman–Crippen LogP) is 2.88. The summed E-state index contributed by atoms with van der Waals surface area (Å²) in [7, 11) is 0. The molecule has 0 atom stereocenters. The van der Waals surface area contributed by atoms with Gasteiger partial charge in [-0.2, -0.15) is 4.99 Å². The second-order valence-corrected chi connectivity index (χ2v) is 5.91. The minimum atomic E-state index is -0.987. The van der Waals surface area contributed by atoms with Crippen molar-refractivity contribution in [3.63, 3.8) is 0 Å². The van der Waals surface area contributed by atoms with Crippen molar-refractivity contribution in [2.24, 2.45) is 10.7 Å². The van der Waals surface area contributed by atoms with Gasteiger partial charge in [-0.25, -0.2) is 4.79 Å². The largest absolute Gasteiger partial charge is 0.478 e. The maximum Gasteiger partial charge on any atom is 0.335 e. The Hall–Kier alpha value is -2.80. The highest BCUT2D eigenvalue weighted by Crippen LogP contribution is 2.31. The standard InChI is InChI=1S/C16H12N2O4S/c1-8-10(3-2-4-11(8)15(20)21)12-6-5-9(22-12)7-13-14(19)18-16(17)23-13/h2-7H,1H3,(H,20,21)(H2,17,18,19). The quantitative estimate of drug-likeness (QED) is 0.839. The summed E-state index contributed by atoms with van der Waals surface area (Å²) in [6.45, 7) is 1.73. The van der Waals surface area contributed by atoms with E-state index in [9.17, 15) is 14.7 Å². The van der Waals surface area contributed by atoms with Gasteiger partial charge in [0.05, 0.1) is 10.5 Å². The molecule has 0 saturated carbocycles. The van der Waals surface area contributed by atoms with Crippen LogP contribution in [0.2, 0.25) is 0 Å². The van der Waals surface area contributed by atoms with Gasteiger partial charge in [-0.05, 0) is 42.4 Å². The number of aromatic carboxylic acids is 1. The zero-order chi connectivity index (χ0) is 16.6. The number of thioether (sulfide) groups is 1. The van der Waals surface area contributed by atoms with Crippen molar-refractivity contribution >= 4 is 34.9 Å². The van der Waals surface area contributed by atoms with E-state index in [4.69, 9.17) is 10.2 Å². The lowest BCUT2D eigenvalue weighted by atomic mass is 10.0. The van der Waals surface area contributed by atoms with Crippen molar-refractivity contribution in [3.8, 4) is 11.3 Å². The highest BCUT2D eigenvalue weighted by molar-refractivity contribution is 8.18. The van der Waals surface area contributed by atoms with E-state index in [0.717, 1.165) is 11.8 Å². The van der Waals surface area contributed by atoms with Crippen LogP contribution in [0.1, 0.15) is 21.7 Å². The molecule has 0 radical (unpaired) electrons. The van der Waals surface area contributed by atoms with E-state index in [2.05, 4.69) is 4.99 Å². The molecule has 2 aromatic rings. The molecular formula is C16H12N2O4S. The number of nitrogens with two attached hydrogens (primary N) is 1. The van der Waals surface area contributed by atoms with Crippen LogP contribution in [0.4, 0.5) is 0 Å². The topological polar surface area (TPSA) is 106 Å². The van der Waals surface area contributed by atoms with Gasteiger partial charge < -0.3 is 15.3 Å². The molecule has 3 rings (SSSR count). The first-order valence-corrected chi connectivity index (χ1v) is 7.48. The number of carbonyl (C=O) groups excluding carboxylic acids is 1. The molecule has 116 valence electrons. The van der Waals surface area contributed by atoms with Gasteiger partial charge in [-0.15, -0.1) is 0 Å². The summed E-state index contributed by atoms with van der Waals surface area (Å²) in [6, 6.07) is 8.43. The number of rotatable bonds is 3. The minimum Gasteiger partial charge on any atom is -0.478 e. The summed E-state index contributed by atoms with van der Waals surface area (Å²) < 4.78 is 5.70. The van der Waals surface area contributed by atoms with Crippen LogP contribution in [0, 0.1) is 6.92 Å². The smallest absolute Gasteiger partial charge is 0.335 e. The van der Waals surface area contributed by atoms with E-state index in [1.54, 1.807) is 43.3 Å². The van der Waals surface area contributed by atoms with E-state index in [0.29, 0.717) is 27.6 Å². The Kier molecular flexibility index (Phi) is 3.79. The zero-order valence-corrected chi connectivity index (χ0v) is 12.9. The Labute approximate surface area is 135 Å². The Balaban J connectivity index is 1.95. The summed E-state index contributed by atoms with van der Waals surface area (Å²) in [5.74, 6) is -0.379. The summed E-state index contributed by atoms with van der Waals surface area (Å²) in [5, 5.41) is 9.39. The van der Waals surface area contributed by atoms with E-state index in [-0.39, 0.29) is 10.7 Å². The second-order valence-electron chi connectivity index (χ2n) is 4.85. The Bertz CT molecular complexity index is 880. The van der Waals surface area contributed by atoms with Gasteiger partial charge in [0.15, 0.2) is 5.17 Å². The molecule has 6 nitrogen and oxygen atoms in total. The maximum absolute atomic E-state index is 11.6. The molecule has 23 heavy (non-hydrogen) atoms. The number of furan rings is 1. The molecule has 1 aromatic carbocycles. The van der Waals surface area contributed by atoms with Crippen molar-refractivity contribution in [1.82, 2.24) is 0 Å². The number of hydrogen-bond acceptors (Lipinski definition) is 5. The molecule has 0 spiro atoms. The average molecular weight is 328 g/mol. The molecule has 1 aliphatic heterocycles. The van der Waals surface area contributed by atoms with Gasteiger partial charge in [-0.3, -0.25) is 4.79 Å². The third-order valence-corrected chi connectivity index (χ3v) is 4.18. The number of nitrogens with zero attached hydrogens (tertiary/aromatic N) is 1. The Morgan fingerprint density at radius 3 is 2.78 bits per heavy atom. The fourth-order valence-corrected chi connectivity index (χ4v) is 2.93. The van der Waals surface area contributed by atoms with Crippen LogP contribution in [-0.4, -0.2) is 22.2 Å². The normalized spacial score (nSPS) is 16.0. The summed E-state index contributed by atoms with van der Waals surface area (Å²) in [5.41, 5.74) is 7.03. The first kappa shape index (κ1) is 15.1. The lowest BCUT2D eigenvalue weighted by Crippen LogP contribution is -2.01. The maximum atomic E-state index is 11.6. The number of carbonyl (C=O) groups is 2. The molecule has 3 N–H and O–H groups in total. The molecule has 0 unspecified atom stereocenters. The van der Waals surface area contributed by atoms with Crippen LogP contribution < -0.4 is 5.73 Å². The molecule has 7 heteroatoms. The minimum absolute atomic E-state index is 0.207. The fourth-order valence-electron chi connectivity index (χ4n) is 2.26. The van der Waals surface area contributed by atoms with Crippen molar-refractivity contribution in [2.75, 3.05) is 0 Å². The molecule has 0 aliphatic carbocycles. The third-order valence-electron chi connectivity index (χ3n) is 3.37. The number of carboxylic acids is 1. The lowest BCUT2D eigenvalue weighted by Gasteiger charge is -2.05.